The molecule has 2 aromatic rings. The van der Waals surface area contributed by atoms with Gasteiger partial charge in [0.25, 0.3) is 0 Å². The average Bonchev–Trinajstić information content (AvgIpc) is 2.75. The van der Waals surface area contributed by atoms with Gasteiger partial charge < -0.3 is 20.1 Å². The van der Waals surface area contributed by atoms with Gasteiger partial charge in [-0.15, -0.1) is 0 Å². The summed E-state index contributed by atoms with van der Waals surface area (Å²) in [6, 6.07) is 14.3. The van der Waals surface area contributed by atoms with E-state index in [-0.39, 0.29) is 5.41 Å². The monoisotopic (exact) mass is 415 g/mol. The molecular formula is C23H30ClN3O2. The molecule has 1 fully saturated rings. The van der Waals surface area contributed by atoms with Crippen molar-refractivity contribution in [2.75, 3.05) is 33.9 Å². The number of nitrogens with zero attached hydrogens (tertiary/aromatic N) is 1. The summed E-state index contributed by atoms with van der Waals surface area (Å²) >= 11 is 6.56. The molecule has 0 aromatic heterocycles. The fourth-order valence-corrected chi connectivity index (χ4v) is 4.18. The van der Waals surface area contributed by atoms with Gasteiger partial charge in [-0.1, -0.05) is 41.9 Å². The first kappa shape index (κ1) is 21.5. The van der Waals surface area contributed by atoms with E-state index in [1.54, 1.807) is 14.2 Å². The van der Waals surface area contributed by atoms with E-state index in [4.69, 9.17) is 21.1 Å². The second-order valence-electron chi connectivity index (χ2n) is 7.47. The predicted molar refractivity (Wildman–Crippen MR) is 119 cm³/mol. The highest BCUT2D eigenvalue weighted by atomic mass is 35.5. The van der Waals surface area contributed by atoms with Crippen molar-refractivity contribution in [3.63, 3.8) is 0 Å². The zero-order chi connectivity index (χ0) is 20.7. The minimum atomic E-state index is -0.0736. The Morgan fingerprint density at radius 3 is 2.62 bits per heavy atom. The standard InChI is InChI=1S/C23H30ClN3O2/c1-17-8-9-18(21(14-17)28-3)15-26-22(25-2)27-16-23(10-12-29-13-11-23)19-6-4-5-7-20(19)24/h4-9,14H,10-13,15-16H2,1-3H3,(H2,25,26,27). The normalized spacial score (nSPS) is 16.3. The lowest BCUT2D eigenvalue weighted by molar-refractivity contribution is 0.0514. The van der Waals surface area contributed by atoms with Gasteiger partial charge in [0, 0.05) is 49.4 Å². The largest absolute Gasteiger partial charge is 0.496 e. The van der Waals surface area contributed by atoms with E-state index in [1.807, 2.05) is 18.2 Å². The van der Waals surface area contributed by atoms with Crippen LogP contribution in [0.1, 0.15) is 29.5 Å². The number of halogens is 1. The van der Waals surface area contributed by atoms with Gasteiger partial charge in [-0.3, -0.25) is 4.99 Å². The second kappa shape index (κ2) is 9.99. The van der Waals surface area contributed by atoms with Gasteiger partial charge in [0.05, 0.1) is 7.11 Å². The topological polar surface area (TPSA) is 54.9 Å². The summed E-state index contributed by atoms with van der Waals surface area (Å²) in [6.07, 6.45) is 1.85. The number of benzene rings is 2. The highest BCUT2D eigenvalue weighted by molar-refractivity contribution is 6.31. The van der Waals surface area contributed by atoms with Crippen LogP contribution in [0.5, 0.6) is 5.75 Å². The summed E-state index contributed by atoms with van der Waals surface area (Å²) in [5, 5.41) is 7.71. The van der Waals surface area contributed by atoms with Crippen LogP contribution in [-0.4, -0.2) is 39.9 Å². The molecule has 0 aliphatic carbocycles. The van der Waals surface area contributed by atoms with E-state index < -0.39 is 0 Å². The van der Waals surface area contributed by atoms with E-state index in [1.165, 1.54) is 11.1 Å². The Kier molecular flexibility index (Phi) is 7.40. The summed E-state index contributed by atoms with van der Waals surface area (Å²) in [5.41, 5.74) is 3.37. The molecule has 5 nitrogen and oxygen atoms in total. The van der Waals surface area contributed by atoms with Crippen molar-refractivity contribution in [3.8, 4) is 5.75 Å². The lowest BCUT2D eigenvalue weighted by atomic mass is 9.74. The van der Waals surface area contributed by atoms with Gasteiger partial charge in [-0.2, -0.15) is 0 Å². The van der Waals surface area contributed by atoms with Crippen LogP contribution in [-0.2, 0) is 16.7 Å². The van der Waals surface area contributed by atoms with E-state index in [0.717, 1.165) is 54.9 Å². The summed E-state index contributed by atoms with van der Waals surface area (Å²) in [6.45, 7) is 4.90. The van der Waals surface area contributed by atoms with Gasteiger partial charge in [0.15, 0.2) is 5.96 Å². The molecule has 0 spiro atoms. The first-order valence-corrected chi connectivity index (χ1v) is 10.4. The van der Waals surface area contributed by atoms with Crippen LogP contribution in [0, 0.1) is 6.92 Å². The Hall–Kier alpha value is -2.24. The Morgan fingerprint density at radius 2 is 1.93 bits per heavy atom. The third-order valence-corrected chi connectivity index (χ3v) is 5.93. The van der Waals surface area contributed by atoms with Crippen molar-refractivity contribution < 1.29 is 9.47 Å². The van der Waals surface area contributed by atoms with E-state index in [9.17, 15) is 0 Å². The van der Waals surface area contributed by atoms with E-state index >= 15 is 0 Å². The van der Waals surface area contributed by atoms with Crippen LogP contribution in [0.2, 0.25) is 5.02 Å². The maximum Gasteiger partial charge on any atom is 0.191 e. The lowest BCUT2D eigenvalue weighted by Gasteiger charge is -2.38. The minimum Gasteiger partial charge on any atom is -0.496 e. The molecule has 1 aliphatic rings. The van der Waals surface area contributed by atoms with Gasteiger partial charge in [0.1, 0.15) is 5.75 Å². The third kappa shape index (κ3) is 5.22. The lowest BCUT2D eigenvalue weighted by Crippen LogP contribution is -2.48. The molecule has 6 heteroatoms. The molecule has 1 aliphatic heterocycles. The summed E-state index contributed by atoms with van der Waals surface area (Å²) in [5.74, 6) is 1.63. The number of guanidine groups is 1. The summed E-state index contributed by atoms with van der Waals surface area (Å²) in [7, 11) is 3.48. The summed E-state index contributed by atoms with van der Waals surface area (Å²) in [4.78, 5) is 4.40. The zero-order valence-electron chi connectivity index (χ0n) is 17.4. The number of hydrogen-bond acceptors (Lipinski definition) is 3. The van der Waals surface area contributed by atoms with Gasteiger partial charge in [-0.05, 0) is 43.0 Å². The minimum absolute atomic E-state index is 0.0736. The number of hydrogen-bond donors (Lipinski definition) is 2. The molecule has 0 amide bonds. The van der Waals surface area contributed by atoms with Crippen LogP contribution < -0.4 is 15.4 Å². The smallest absolute Gasteiger partial charge is 0.191 e. The zero-order valence-corrected chi connectivity index (χ0v) is 18.2. The summed E-state index contributed by atoms with van der Waals surface area (Å²) < 4.78 is 11.1. The average molecular weight is 416 g/mol. The molecule has 0 unspecified atom stereocenters. The Morgan fingerprint density at radius 1 is 1.17 bits per heavy atom. The maximum atomic E-state index is 6.56. The van der Waals surface area contributed by atoms with Gasteiger partial charge in [0.2, 0.25) is 0 Å². The van der Waals surface area contributed by atoms with Gasteiger partial charge >= 0.3 is 0 Å². The van der Waals surface area contributed by atoms with Crippen molar-refractivity contribution in [2.45, 2.75) is 31.7 Å². The maximum absolute atomic E-state index is 6.56. The van der Waals surface area contributed by atoms with Crippen molar-refractivity contribution in [1.82, 2.24) is 10.6 Å². The number of rotatable bonds is 6. The molecule has 0 atom stereocenters. The second-order valence-corrected chi connectivity index (χ2v) is 7.87. The number of nitrogens with one attached hydrogen (secondary N) is 2. The highest BCUT2D eigenvalue weighted by Crippen LogP contribution is 2.38. The fourth-order valence-electron chi connectivity index (χ4n) is 3.85. The number of ether oxygens (including phenoxy) is 2. The first-order valence-electron chi connectivity index (χ1n) is 9.99. The van der Waals surface area contributed by atoms with Crippen LogP contribution in [0.4, 0.5) is 0 Å². The van der Waals surface area contributed by atoms with Crippen LogP contribution in [0.25, 0.3) is 0 Å². The SMILES string of the molecule is CN=C(NCc1ccc(C)cc1OC)NCC1(c2ccccc2Cl)CCOCC1. The predicted octanol–water partition coefficient (Wildman–Crippen LogP) is 4.07. The molecule has 2 aromatic carbocycles. The quantitative estimate of drug-likeness (QED) is 0.551. The van der Waals surface area contributed by atoms with Crippen molar-refractivity contribution in [3.05, 3.63) is 64.2 Å². The number of aryl methyl sites for hydroxylation is 1. The molecule has 2 N–H and O–H groups in total. The van der Waals surface area contributed by atoms with E-state index in [0.29, 0.717) is 6.54 Å². The van der Waals surface area contributed by atoms with Crippen LogP contribution in [0.3, 0.4) is 0 Å². The van der Waals surface area contributed by atoms with Crippen molar-refractivity contribution in [1.29, 1.82) is 0 Å². The molecule has 0 bridgehead atoms. The molecule has 1 saturated heterocycles. The Balaban J connectivity index is 1.69. The third-order valence-electron chi connectivity index (χ3n) is 5.60. The molecule has 1 heterocycles. The molecule has 0 radical (unpaired) electrons. The van der Waals surface area contributed by atoms with Gasteiger partial charge in [-0.25, -0.2) is 0 Å². The molecular weight excluding hydrogens is 386 g/mol. The fraction of sp³-hybridized carbons (Fsp3) is 0.435. The Labute approximate surface area is 178 Å². The van der Waals surface area contributed by atoms with Crippen LogP contribution in [0.15, 0.2) is 47.5 Å². The van der Waals surface area contributed by atoms with Crippen molar-refractivity contribution >= 4 is 17.6 Å². The molecule has 29 heavy (non-hydrogen) atoms. The Bertz CT molecular complexity index is 848. The van der Waals surface area contributed by atoms with Crippen molar-refractivity contribution in [2.24, 2.45) is 4.99 Å². The molecule has 0 saturated carbocycles. The van der Waals surface area contributed by atoms with Crippen LogP contribution >= 0.6 is 11.6 Å². The first-order chi connectivity index (χ1) is 14.1. The number of methoxy groups -OCH3 is 1. The van der Waals surface area contributed by atoms with E-state index in [2.05, 4.69) is 46.8 Å². The highest BCUT2D eigenvalue weighted by Gasteiger charge is 2.36. The molecule has 3 rings (SSSR count). The number of aliphatic imine (C=N–C) groups is 1. The molecule has 156 valence electrons.